The number of carbonyl (C=O) groups is 2. The van der Waals surface area contributed by atoms with E-state index in [1.807, 2.05) is 15.9 Å². The molecule has 0 radical (unpaired) electrons. The fraction of sp³-hybridized carbons (Fsp3) is 0.409. The lowest BCUT2D eigenvalue weighted by Gasteiger charge is -2.36. The van der Waals surface area contributed by atoms with Gasteiger partial charge in [-0.2, -0.15) is 5.10 Å². The molecular formula is C22H25FN4O2. The lowest BCUT2D eigenvalue weighted by molar-refractivity contribution is -0.137. The van der Waals surface area contributed by atoms with Gasteiger partial charge in [-0.25, -0.2) is 4.39 Å². The number of nitrogens with zero attached hydrogens (tertiary/aromatic N) is 3. The third kappa shape index (κ3) is 4.39. The van der Waals surface area contributed by atoms with Gasteiger partial charge in [-0.1, -0.05) is 24.3 Å². The molecule has 2 aromatic rings. The average Bonchev–Trinajstić information content (AvgIpc) is 3.22. The van der Waals surface area contributed by atoms with E-state index in [1.165, 1.54) is 12.1 Å². The molecule has 1 aromatic heterocycles. The molecule has 2 aliphatic heterocycles. The summed E-state index contributed by atoms with van der Waals surface area (Å²) in [5.41, 5.74) is 1.43. The number of benzene rings is 1. The zero-order valence-corrected chi connectivity index (χ0v) is 16.3. The summed E-state index contributed by atoms with van der Waals surface area (Å²) in [4.78, 5) is 29.4. The van der Waals surface area contributed by atoms with Crippen molar-refractivity contribution in [3.63, 3.8) is 0 Å². The molecule has 6 nitrogen and oxygen atoms in total. The van der Waals surface area contributed by atoms with Crippen molar-refractivity contribution >= 4 is 11.8 Å². The number of rotatable bonds is 4. The molecule has 0 unspecified atom stereocenters. The summed E-state index contributed by atoms with van der Waals surface area (Å²) in [5, 5.41) is 6.57. The molecule has 7 heteroatoms. The summed E-state index contributed by atoms with van der Waals surface area (Å²) in [6.07, 6.45) is 8.07. The van der Waals surface area contributed by atoms with Crippen molar-refractivity contribution in [3.05, 3.63) is 65.8 Å². The van der Waals surface area contributed by atoms with Crippen LogP contribution in [0.25, 0.3) is 0 Å². The van der Waals surface area contributed by atoms with Crippen LogP contribution >= 0.6 is 0 Å². The number of nitrogens with one attached hydrogen (secondary N) is 1. The zero-order valence-electron chi connectivity index (χ0n) is 16.3. The van der Waals surface area contributed by atoms with Crippen LogP contribution in [-0.2, 0) is 11.3 Å². The van der Waals surface area contributed by atoms with E-state index in [2.05, 4.69) is 16.3 Å². The number of likely N-dealkylation sites (tertiary alicyclic amines) is 1. The summed E-state index contributed by atoms with van der Waals surface area (Å²) in [5.74, 6) is 0.0270. The molecule has 1 fully saturated rings. The Morgan fingerprint density at radius 3 is 2.59 bits per heavy atom. The van der Waals surface area contributed by atoms with Gasteiger partial charge in [0.15, 0.2) is 0 Å². The molecule has 2 amide bonds. The molecular weight excluding hydrogens is 371 g/mol. The van der Waals surface area contributed by atoms with Gasteiger partial charge in [0.2, 0.25) is 5.91 Å². The van der Waals surface area contributed by atoms with Crippen molar-refractivity contribution in [2.75, 3.05) is 19.6 Å². The molecule has 0 saturated carbocycles. The minimum Gasteiger partial charge on any atom is -0.337 e. The van der Waals surface area contributed by atoms with Crippen LogP contribution in [0.5, 0.6) is 0 Å². The zero-order chi connectivity index (χ0) is 20.2. The number of allylic oxidation sites excluding steroid dienone is 1. The Labute approximate surface area is 169 Å². The van der Waals surface area contributed by atoms with Gasteiger partial charge < -0.3 is 9.80 Å². The highest BCUT2D eigenvalue weighted by atomic mass is 19.1. The Morgan fingerprint density at radius 2 is 1.90 bits per heavy atom. The van der Waals surface area contributed by atoms with Gasteiger partial charge >= 0.3 is 0 Å². The molecule has 29 heavy (non-hydrogen) atoms. The van der Waals surface area contributed by atoms with Gasteiger partial charge in [0, 0.05) is 38.3 Å². The highest BCUT2D eigenvalue weighted by molar-refractivity contribution is 5.92. The van der Waals surface area contributed by atoms with Crippen LogP contribution in [0.15, 0.2) is 48.7 Å². The highest BCUT2D eigenvalue weighted by Gasteiger charge is 2.35. The minimum atomic E-state index is -0.273. The van der Waals surface area contributed by atoms with Crippen LogP contribution < -0.4 is 0 Å². The van der Waals surface area contributed by atoms with E-state index >= 15 is 0 Å². The van der Waals surface area contributed by atoms with Gasteiger partial charge in [-0.3, -0.25) is 14.7 Å². The monoisotopic (exact) mass is 396 g/mol. The van der Waals surface area contributed by atoms with E-state index in [0.29, 0.717) is 31.9 Å². The summed E-state index contributed by atoms with van der Waals surface area (Å²) >= 11 is 0. The van der Waals surface area contributed by atoms with Crippen LogP contribution in [-0.4, -0.2) is 51.4 Å². The summed E-state index contributed by atoms with van der Waals surface area (Å²) in [7, 11) is 0. The topological polar surface area (TPSA) is 69.3 Å². The van der Waals surface area contributed by atoms with Gasteiger partial charge in [0.25, 0.3) is 5.91 Å². The predicted molar refractivity (Wildman–Crippen MR) is 106 cm³/mol. The normalized spacial score (nSPS) is 20.7. The number of H-pyrrole nitrogens is 1. The van der Waals surface area contributed by atoms with E-state index in [4.69, 9.17) is 0 Å². The standard InChI is InChI=1S/C22H25FN4O2/c23-18-6-4-16(5-7-18)15-27-12-2-1-3-19(21(27)28)17-9-13-26(14-10-17)22(29)20-8-11-24-25-20/h1-2,4-8,11,17,19H,3,9-10,12-15H2,(H,24,25)/t19-/m0/s1. The molecule has 1 saturated heterocycles. The molecule has 1 atom stereocenters. The highest BCUT2D eigenvalue weighted by Crippen LogP contribution is 2.31. The van der Waals surface area contributed by atoms with Crippen molar-refractivity contribution in [2.45, 2.75) is 25.8 Å². The summed E-state index contributed by atoms with van der Waals surface area (Å²) in [6, 6.07) is 7.99. The average molecular weight is 396 g/mol. The number of aromatic nitrogens is 2. The number of aromatic amines is 1. The summed E-state index contributed by atoms with van der Waals surface area (Å²) < 4.78 is 13.2. The molecule has 1 aromatic carbocycles. The number of piperidine rings is 1. The van der Waals surface area contributed by atoms with E-state index < -0.39 is 0 Å². The van der Waals surface area contributed by atoms with Crippen molar-refractivity contribution in [2.24, 2.45) is 11.8 Å². The second-order valence-electron chi connectivity index (χ2n) is 7.76. The molecule has 0 aliphatic carbocycles. The Morgan fingerprint density at radius 1 is 1.14 bits per heavy atom. The van der Waals surface area contributed by atoms with Crippen molar-refractivity contribution in [1.82, 2.24) is 20.0 Å². The molecule has 0 spiro atoms. The first kappa shape index (κ1) is 19.4. The predicted octanol–water partition coefficient (Wildman–Crippen LogP) is 3.01. The molecule has 2 aliphatic rings. The number of amides is 2. The molecule has 4 rings (SSSR count). The largest absolute Gasteiger partial charge is 0.337 e. The molecule has 152 valence electrons. The first-order chi connectivity index (χ1) is 14.1. The molecule has 0 bridgehead atoms. The van der Waals surface area contributed by atoms with E-state index in [9.17, 15) is 14.0 Å². The van der Waals surface area contributed by atoms with E-state index in [-0.39, 0.29) is 29.5 Å². The fourth-order valence-corrected chi connectivity index (χ4v) is 4.27. The Balaban J connectivity index is 1.39. The van der Waals surface area contributed by atoms with Crippen LogP contribution in [0.2, 0.25) is 0 Å². The SMILES string of the molecule is O=C(c1ccn[nH]1)N1CCC([C@@H]2CC=CCN(Cc3ccc(F)cc3)C2=O)CC1. The first-order valence-electron chi connectivity index (χ1n) is 10.1. The number of carbonyl (C=O) groups excluding carboxylic acids is 2. The fourth-order valence-electron chi connectivity index (χ4n) is 4.27. The maximum atomic E-state index is 13.2. The lowest BCUT2D eigenvalue weighted by Crippen LogP contribution is -2.44. The number of hydrogen-bond donors (Lipinski definition) is 1. The maximum absolute atomic E-state index is 13.2. The van der Waals surface area contributed by atoms with Gasteiger partial charge in [-0.05, 0) is 48.9 Å². The van der Waals surface area contributed by atoms with E-state index in [0.717, 1.165) is 24.8 Å². The number of halogens is 1. The quantitative estimate of drug-likeness (QED) is 0.808. The van der Waals surface area contributed by atoms with Gasteiger partial charge in [0.05, 0.1) is 0 Å². The number of hydrogen-bond acceptors (Lipinski definition) is 3. The third-order valence-corrected chi connectivity index (χ3v) is 5.93. The molecule has 1 N–H and O–H groups in total. The Hall–Kier alpha value is -2.96. The second-order valence-corrected chi connectivity index (χ2v) is 7.76. The first-order valence-corrected chi connectivity index (χ1v) is 10.1. The van der Waals surface area contributed by atoms with E-state index in [1.54, 1.807) is 24.4 Å². The van der Waals surface area contributed by atoms with Gasteiger partial charge in [-0.15, -0.1) is 0 Å². The van der Waals surface area contributed by atoms with Crippen LogP contribution in [0.4, 0.5) is 4.39 Å². The van der Waals surface area contributed by atoms with Crippen molar-refractivity contribution in [3.8, 4) is 0 Å². The van der Waals surface area contributed by atoms with Gasteiger partial charge in [0.1, 0.15) is 11.5 Å². The maximum Gasteiger partial charge on any atom is 0.271 e. The Bertz CT molecular complexity index is 871. The van der Waals surface area contributed by atoms with Crippen molar-refractivity contribution < 1.29 is 14.0 Å². The smallest absolute Gasteiger partial charge is 0.271 e. The van der Waals surface area contributed by atoms with Crippen LogP contribution in [0, 0.1) is 17.7 Å². The second kappa shape index (κ2) is 8.59. The van der Waals surface area contributed by atoms with Crippen LogP contribution in [0.1, 0.15) is 35.3 Å². The molecule has 3 heterocycles. The minimum absolute atomic E-state index is 0.0361. The lowest BCUT2D eigenvalue weighted by atomic mass is 9.81. The van der Waals surface area contributed by atoms with Crippen molar-refractivity contribution in [1.29, 1.82) is 0 Å². The Kier molecular flexibility index (Phi) is 5.74. The van der Waals surface area contributed by atoms with Crippen LogP contribution in [0.3, 0.4) is 0 Å². The summed E-state index contributed by atoms with van der Waals surface area (Å²) in [6.45, 7) is 2.35. The third-order valence-electron chi connectivity index (χ3n) is 5.93.